The molecule has 0 spiro atoms. The average molecular weight is 313 g/mol. The second-order valence-corrected chi connectivity index (χ2v) is 5.38. The van der Waals surface area contributed by atoms with Crippen LogP contribution in [0.1, 0.15) is 25.3 Å². The summed E-state index contributed by atoms with van der Waals surface area (Å²) in [5, 5.41) is 2.80. The van der Waals surface area contributed by atoms with Crippen molar-refractivity contribution in [2.45, 2.75) is 26.7 Å². The molecule has 0 atom stereocenters. The van der Waals surface area contributed by atoms with E-state index >= 15 is 0 Å². The fourth-order valence-electron chi connectivity index (χ4n) is 1.95. The van der Waals surface area contributed by atoms with E-state index in [0.717, 1.165) is 36.4 Å². The van der Waals surface area contributed by atoms with E-state index in [4.69, 9.17) is 9.47 Å². The molecule has 1 amide bonds. The van der Waals surface area contributed by atoms with E-state index in [1.54, 1.807) is 12.1 Å². The molecule has 23 heavy (non-hydrogen) atoms. The molecule has 0 unspecified atom stereocenters. The quantitative estimate of drug-likeness (QED) is 0.743. The highest BCUT2D eigenvalue weighted by atomic mass is 16.5. The number of carbonyl (C=O) groups excluding carboxylic acids is 1. The van der Waals surface area contributed by atoms with Gasteiger partial charge in [0.2, 0.25) is 0 Å². The highest BCUT2D eigenvalue weighted by Crippen LogP contribution is 2.18. The molecule has 0 bridgehead atoms. The Balaban J connectivity index is 1.76. The summed E-state index contributed by atoms with van der Waals surface area (Å²) in [6.45, 7) is 4.83. The van der Waals surface area contributed by atoms with Gasteiger partial charge in [-0.1, -0.05) is 31.0 Å². The maximum absolute atomic E-state index is 11.9. The smallest absolute Gasteiger partial charge is 0.262 e. The van der Waals surface area contributed by atoms with Gasteiger partial charge < -0.3 is 14.8 Å². The van der Waals surface area contributed by atoms with Crippen LogP contribution >= 0.6 is 0 Å². The molecule has 122 valence electrons. The first kappa shape index (κ1) is 16.9. The van der Waals surface area contributed by atoms with Gasteiger partial charge in [0.15, 0.2) is 6.61 Å². The van der Waals surface area contributed by atoms with Gasteiger partial charge >= 0.3 is 0 Å². The van der Waals surface area contributed by atoms with Crippen LogP contribution in [0.4, 0.5) is 5.69 Å². The number of unbranched alkanes of at least 4 members (excludes halogenated alkanes) is 1. The van der Waals surface area contributed by atoms with Crippen LogP contribution in [-0.4, -0.2) is 19.1 Å². The molecule has 0 fully saturated rings. The van der Waals surface area contributed by atoms with Crippen molar-refractivity contribution >= 4 is 11.6 Å². The molecule has 0 aliphatic rings. The first-order chi connectivity index (χ1) is 11.2. The highest BCUT2D eigenvalue weighted by Gasteiger charge is 2.04. The van der Waals surface area contributed by atoms with Crippen molar-refractivity contribution < 1.29 is 14.3 Å². The van der Waals surface area contributed by atoms with Gasteiger partial charge in [-0.05, 0) is 49.7 Å². The minimum absolute atomic E-state index is 0.0239. The van der Waals surface area contributed by atoms with E-state index in [1.165, 1.54) is 0 Å². The summed E-state index contributed by atoms with van der Waals surface area (Å²) < 4.78 is 11.1. The number of anilines is 1. The number of nitrogens with one attached hydrogen (secondary N) is 1. The molecule has 2 aromatic carbocycles. The first-order valence-electron chi connectivity index (χ1n) is 7.89. The molecule has 2 rings (SSSR count). The number of aryl methyl sites for hydroxylation is 1. The maximum atomic E-state index is 11.9. The van der Waals surface area contributed by atoms with Crippen molar-refractivity contribution in [1.29, 1.82) is 0 Å². The van der Waals surface area contributed by atoms with Crippen molar-refractivity contribution in [1.82, 2.24) is 0 Å². The molecule has 1 N–H and O–H groups in total. The van der Waals surface area contributed by atoms with Crippen LogP contribution in [0.5, 0.6) is 11.5 Å². The van der Waals surface area contributed by atoms with Gasteiger partial charge in [0.05, 0.1) is 6.61 Å². The van der Waals surface area contributed by atoms with E-state index in [1.807, 2.05) is 43.3 Å². The van der Waals surface area contributed by atoms with Crippen LogP contribution in [0.2, 0.25) is 0 Å². The number of benzene rings is 2. The highest BCUT2D eigenvalue weighted by molar-refractivity contribution is 5.91. The Morgan fingerprint density at radius 3 is 2.17 bits per heavy atom. The topological polar surface area (TPSA) is 47.6 Å². The Hall–Kier alpha value is -2.49. The number of amides is 1. The molecule has 0 aromatic heterocycles. The molecule has 0 aliphatic heterocycles. The molecule has 0 aliphatic carbocycles. The fourth-order valence-corrected chi connectivity index (χ4v) is 1.95. The summed E-state index contributed by atoms with van der Waals surface area (Å²) in [4.78, 5) is 11.9. The lowest BCUT2D eigenvalue weighted by Gasteiger charge is -2.09. The Labute approximate surface area is 137 Å². The molecule has 0 saturated carbocycles. The van der Waals surface area contributed by atoms with Crippen LogP contribution in [0.25, 0.3) is 0 Å². The van der Waals surface area contributed by atoms with E-state index in [2.05, 4.69) is 12.2 Å². The average Bonchev–Trinajstić information content (AvgIpc) is 2.56. The SMILES string of the molecule is CCCCOc1ccc(OCC(=O)Nc2ccc(C)cc2)cc1. The fraction of sp³-hybridized carbons (Fsp3) is 0.316. The van der Waals surface area contributed by atoms with Crippen molar-refractivity contribution in [2.75, 3.05) is 18.5 Å². The Morgan fingerprint density at radius 1 is 0.957 bits per heavy atom. The van der Waals surface area contributed by atoms with Crippen molar-refractivity contribution in [2.24, 2.45) is 0 Å². The number of carbonyl (C=O) groups is 1. The molecule has 4 heteroatoms. The summed E-state index contributed by atoms with van der Waals surface area (Å²) in [5.41, 5.74) is 1.92. The summed E-state index contributed by atoms with van der Waals surface area (Å²) in [6.07, 6.45) is 2.15. The van der Waals surface area contributed by atoms with Gasteiger partial charge in [-0.25, -0.2) is 0 Å². The lowest BCUT2D eigenvalue weighted by molar-refractivity contribution is -0.118. The molecule has 4 nitrogen and oxygen atoms in total. The van der Waals surface area contributed by atoms with Gasteiger partial charge in [0, 0.05) is 5.69 Å². The zero-order valence-corrected chi connectivity index (χ0v) is 13.7. The first-order valence-corrected chi connectivity index (χ1v) is 7.89. The summed E-state index contributed by atoms with van der Waals surface area (Å²) in [7, 11) is 0. The van der Waals surface area contributed by atoms with Crippen molar-refractivity contribution in [3.8, 4) is 11.5 Å². The lowest BCUT2D eigenvalue weighted by Crippen LogP contribution is -2.20. The van der Waals surface area contributed by atoms with Gasteiger partial charge in [-0.15, -0.1) is 0 Å². The molecule has 0 heterocycles. The Morgan fingerprint density at radius 2 is 1.57 bits per heavy atom. The van der Waals surface area contributed by atoms with Crippen LogP contribution in [0.15, 0.2) is 48.5 Å². The normalized spacial score (nSPS) is 10.2. The maximum Gasteiger partial charge on any atom is 0.262 e. The zero-order chi connectivity index (χ0) is 16.5. The predicted molar refractivity (Wildman–Crippen MR) is 92.1 cm³/mol. The van der Waals surface area contributed by atoms with E-state index in [-0.39, 0.29) is 12.5 Å². The van der Waals surface area contributed by atoms with E-state index < -0.39 is 0 Å². The molecular weight excluding hydrogens is 290 g/mol. The predicted octanol–water partition coefficient (Wildman–Crippen LogP) is 4.19. The molecule has 0 radical (unpaired) electrons. The van der Waals surface area contributed by atoms with Crippen LogP contribution in [0.3, 0.4) is 0 Å². The standard InChI is InChI=1S/C19H23NO3/c1-3-4-13-22-17-9-11-18(12-10-17)23-14-19(21)20-16-7-5-15(2)6-8-16/h5-12H,3-4,13-14H2,1-2H3,(H,20,21). The molecular formula is C19H23NO3. The number of rotatable bonds is 8. The largest absolute Gasteiger partial charge is 0.494 e. The second-order valence-electron chi connectivity index (χ2n) is 5.38. The van der Waals surface area contributed by atoms with Gasteiger partial charge in [0.1, 0.15) is 11.5 Å². The van der Waals surface area contributed by atoms with E-state index in [9.17, 15) is 4.79 Å². The number of hydrogen-bond donors (Lipinski definition) is 1. The van der Waals surface area contributed by atoms with Crippen LogP contribution in [-0.2, 0) is 4.79 Å². The minimum atomic E-state index is -0.183. The summed E-state index contributed by atoms with van der Waals surface area (Å²) in [6, 6.07) is 15.0. The van der Waals surface area contributed by atoms with E-state index in [0.29, 0.717) is 5.75 Å². The molecule has 2 aromatic rings. The van der Waals surface area contributed by atoms with Crippen LogP contribution in [0, 0.1) is 6.92 Å². The van der Waals surface area contributed by atoms with Crippen molar-refractivity contribution in [3.63, 3.8) is 0 Å². The monoisotopic (exact) mass is 313 g/mol. The third kappa shape index (κ3) is 6.02. The van der Waals surface area contributed by atoms with Gasteiger partial charge in [0.25, 0.3) is 5.91 Å². The van der Waals surface area contributed by atoms with Gasteiger partial charge in [-0.3, -0.25) is 4.79 Å². The third-order valence-electron chi connectivity index (χ3n) is 3.30. The summed E-state index contributed by atoms with van der Waals surface area (Å²) in [5.74, 6) is 1.28. The zero-order valence-electron chi connectivity index (χ0n) is 13.7. The van der Waals surface area contributed by atoms with Crippen LogP contribution < -0.4 is 14.8 Å². The Kier molecular flexibility index (Phi) is 6.48. The second kappa shape index (κ2) is 8.83. The molecule has 0 saturated heterocycles. The number of ether oxygens (including phenoxy) is 2. The Bertz CT molecular complexity index is 606. The van der Waals surface area contributed by atoms with Crippen molar-refractivity contribution in [3.05, 3.63) is 54.1 Å². The van der Waals surface area contributed by atoms with Gasteiger partial charge in [-0.2, -0.15) is 0 Å². The minimum Gasteiger partial charge on any atom is -0.494 e. The third-order valence-corrected chi connectivity index (χ3v) is 3.30. The number of hydrogen-bond acceptors (Lipinski definition) is 3. The summed E-state index contributed by atoms with van der Waals surface area (Å²) >= 11 is 0. The lowest BCUT2D eigenvalue weighted by atomic mass is 10.2.